The van der Waals surface area contributed by atoms with E-state index in [9.17, 15) is 0 Å². The summed E-state index contributed by atoms with van der Waals surface area (Å²) in [5.41, 5.74) is 4.33. The van der Waals surface area contributed by atoms with Crippen LogP contribution in [0.2, 0.25) is 0 Å². The number of nitrogens with zero attached hydrogens (tertiary/aromatic N) is 2. The van der Waals surface area contributed by atoms with Crippen molar-refractivity contribution < 1.29 is 0 Å². The predicted molar refractivity (Wildman–Crippen MR) is 54.2 cm³/mol. The van der Waals surface area contributed by atoms with E-state index in [0.717, 1.165) is 18.8 Å². The second-order valence-corrected chi connectivity index (χ2v) is 2.88. The summed E-state index contributed by atoms with van der Waals surface area (Å²) in [6.07, 6.45) is 1.02. The number of hydrazine groups is 1. The van der Waals surface area contributed by atoms with Crippen molar-refractivity contribution in [3.63, 3.8) is 0 Å². The molecule has 0 saturated carbocycles. The molecular weight excluding hydrogens is 150 g/mol. The van der Waals surface area contributed by atoms with Crippen molar-refractivity contribution in [2.24, 2.45) is 4.99 Å². The Morgan fingerprint density at radius 1 is 1.58 bits per heavy atom. The van der Waals surface area contributed by atoms with Crippen LogP contribution in [0.4, 0.5) is 0 Å². The van der Waals surface area contributed by atoms with E-state index >= 15 is 0 Å². The molecule has 0 atom stereocenters. The predicted octanol–water partition coefficient (Wildman–Crippen LogP) is 1.44. The van der Waals surface area contributed by atoms with Crippen molar-refractivity contribution in [1.82, 2.24) is 10.4 Å². The van der Waals surface area contributed by atoms with Crippen LogP contribution in [0.25, 0.3) is 0 Å². The van der Waals surface area contributed by atoms with Gasteiger partial charge in [0.05, 0.1) is 0 Å². The van der Waals surface area contributed by atoms with E-state index in [1.165, 1.54) is 5.57 Å². The highest BCUT2D eigenvalue weighted by molar-refractivity contribution is 5.78. The molecule has 0 aliphatic carbocycles. The van der Waals surface area contributed by atoms with Crippen LogP contribution in [0, 0.1) is 0 Å². The van der Waals surface area contributed by atoms with E-state index in [0.29, 0.717) is 0 Å². The SMILES string of the molecule is C=C(CC)CN(C)NC(C)=NC. The van der Waals surface area contributed by atoms with Crippen LogP contribution in [-0.4, -0.2) is 31.5 Å². The number of amidine groups is 1. The molecule has 0 rings (SSSR count). The maximum absolute atomic E-state index is 4.00. The molecule has 0 bridgehead atoms. The largest absolute Gasteiger partial charge is 0.307 e. The van der Waals surface area contributed by atoms with E-state index in [2.05, 4.69) is 23.9 Å². The van der Waals surface area contributed by atoms with Crippen LogP contribution in [0.3, 0.4) is 0 Å². The second kappa shape index (κ2) is 5.77. The molecule has 0 amide bonds. The summed E-state index contributed by atoms with van der Waals surface area (Å²) >= 11 is 0. The standard InChI is InChI=1S/C9H19N3/c1-6-8(2)7-12(5)11-9(3)10-4/h2,6-7H2,1,3-5H3,(H,10,11). The molecule has 0 aromatic heterocycles. The summed E-state index contributed by atoms with van der Waals surface area (Å²) in [4.78, 5) is 4.00. The Morgan fingerprint density at radius 2 is 2.17 bits per heavy atom. The van der Waals surface area contributed by atoms with Crippen molar-refractivity contribution in [2.45, 2.75) is 20.3 Å². The fourth-order valence-corrected chi connectivity index (χ4v) is 0.813. The van der Waals surface area contributed by atoms with Gasteiger partial charge in [0.1, 0.15) is 5.84 Å². The van der Waals surface area contributed by atoms with Crippen molar-refractivity contribution in [1.29, 1.82) is 0 Å². The van der Waals surface area contributed by atoms with Crippen LogP contribution in [0.15, 0.2) is 17.1 Å². The molecule has 70 valence electrons. The van der Waals surface area contributed by atoms with Gasteiger partial charge in [-0.15, -0.1) is 0 Å². The van der Waals surface area contributed by atoms with Gasteiger partial charge in [-0.25, -0.2) is 5.01 Å². The molecule has 3 heteroatoms. The highest BCUT2D eigenvalue weighted by atomic mass is 15.5. The molecule has 0 aliphatic heterocycles. The molecule has 0 unspecified atom stereocenters. The molecule has 0 spiro atoms. The first-order chi connectivity index (χ1) is 5.60. The molecule has 3 nitrogen and oxygen atoms in total. The van der Waals surface area contributed by atoms with Gasteiger partial charge in [0.25, 0.3) is 0 Å². The zero-order valence-electron chi connectivity index (χ0n) is 8.52. The maximum atomic E-state index is 4.00. The minimum atomic E-state index is 0.864. The number of hydrogen-bond donors (Lipinski definition) is 1. The number of aliphatic imine (C=N–C) groups is 1. The van der Waals surface area contributed by atoms with Crippen LogP contribution >= 0.6 is 0 Å². The Bertz CT molecular complexity index is 173. The first-order valence-corrected chi connectivity index (χ1v) is 4.18. The van der Waals surface area contributed by atoms with Gasteiger partial charge < -0.3 is 5.43 Å². The Hall–Kier alpha value is -0.830. The highest BCUT2D eigenvalue weighted by Gasteiger charge is 1.98. The van der Waals surface area contributed by atoms with Crippen LogP contribution in [0.1, 0.15) is 20.3 Å². The van der Waals surface area contributed by atoms with Gasteiger partial charge in [-0.2, -0.15) is 0 Å². The highest BCUT2D eigenvalue weighted by Crippen LogP contribution is 1.96. The summed E-state index contributed by atoms with van der Waals surface area (Å²) in [6.45, 7) is 8.83. The van der Waals surface area contributed by atoms with E-state index in [-0.39, 0.29) is 0 Å². The minimum absolute atomic E-state index is 0.864. The lowest BCUT2D eigenvalue weighted by molar-refractivity contribution is 0.315. The number of likely N-dealkylation sites (N-methyl/N-ethyl adjacent to an activating group) is 1. The summed E-state index contributed by atoms with van der Waals surface area (Å²) in [7, 11) is 3.75. The Kier molecular flexibility index (Phi) is 5.37. The molecule has 0 saturated heterocycles. The molecule has 1 N–H and O–H groups in total. The average molecular weight is 169 g/mol. The Morgan fingerprint density at radius 3 is 2.58 bits per heavy atom. The molecular formula is C9H19N3. The smallest absolute Gasteiger partial charge is 0.107 e. The van der Waals surface area contributed by atoms with Gasteiger partial charge in [-0.05, 0) is 13.3 Å². The Labute approximate surface area is 75.1 Å². The fraction of sp³-hybridized carbons (Fsp3) is 0.667. The number of nitrogens with one attached hydrogen (secondary N) is 1. The van der Waals surface area contributed by atoms with E-state index in [1.807, 2.05) is 19.0 Å². The van der Waals surface area contributed by atoms with E-state index in [1.54, 1.807) is 7.05 Å². The quantitative estimate of drug-likeness (QED) is 0.298. The summed E-state index contributed by atoms with van der Waals surface area (Å²) < 4.78 is 0. The van der Waals surface area contributed by atoms with Crippen molar-refractivity contribution >= 4 is 5.84 Å². The first kappa shape index (κ1) is 11.2. The van der Waals surface area contributed by atoms with Gasteiger partial charge in [0.2, 0.25) is 0 Å². The van der Waals surface area contributed by atoms with Gasteiger partial charge in [0, 0.05) is 20.6 Å². The van der Waals surface area contributed by atoms with Crippen molar-refractivity contribution in [2.75, 3.05) is 20.6 Å². The average Bonchev–Trinajstić information content (AvgIpc) is 2.03. The molecule has 0 aromatic rings. The molecule has 0 radical (unpaired) electrons. The summed E-state index contributed by atoms with van der Waals surface area (Å²) in [6, 6.07) is 0. The minimum Gasteiger partial charge on any atom is -0.307 e. The fourth-order valence-electron chi connectivity index (χ4n) is 0.813. The summed E-state index contributed by atoms with van der Waals surface area (Å²) in [5, 5.41) is 1.98. The molecule has 0 fully saturated rings. The van der Waals surface area contributed by atoms with Gasteiger partial charge >= 0.3 is 0 Å². The third kappa shape index (κ3) is 4.91. The third-order valence-corrected chi connectivity index (χ3v) is 1.65. The number of hydrogen-bond acceptors (Lipinski definition) is 2. The Balaban J connectivity index is 3.74. The van der Waals surface area contributed by atoms with Gasteiger partial charge in [-0.3, -0.25) is 4.99 Å². The van der Waals surface area contributed by atoms with Crippen molar-refractivity contribution in [3.8, 4) is 0 Å². The van der Waals surface area contributed by atoms with Crippen LogP contribution < -0.4 is 5.43 Å². The molecule has 0 heterocycles. The lowest BCUT2D eigenvalue weighted by Crippen LogP contribution is -2.38. The zero-order chi connectivity index (χ0) is 9.56. The number of rotatable bonds is 4. The normalized spacial score (nSPS) is 11.9. The lowest BCUT2D eigenvalue weighted by Gasteiger charge is -2.19. The van der Waals surface area contributed by atoms with Gasteiger partial charge in [-0.1, -0.05) is 19.1 Å². The molecule has 0 aromatic carbocycles. The topological polar surface area (TPSA) is 27.6 Å². The van der Waals surface area contributed by atoms with Crippen molar-refractivity contribution in [3.05, 3.63) is 12.2 Å². The molecule has 12 heavy (non-hydrogen) atoms. The maximum Gasteiger partial charge on any atom is 0.107 e. The zero-order valence-corrected chi connectivity index (χ0v) is 8.52. The van der Waals surface area contributed by atoms with E-state index in [4.69, 9.17) is 0 Å². The first-order valence-electron chi connectivity index (χ1n) is 4.18. The molecule has 0 aliphatic rings. The monoisotopic (exact) mass is 169 g/mol. The van der Waals surface area contributed by atoms with Crippen LogP contribution in [-0.2, 0) is 0 Å². The van der Waals surface area contributed by atoms with Gasteiger partial charge in [0.15, 0.2) is 0 Å². The third-order valence-electron chi connectivity index (χ3n) is 1.65. The lowest BCUT2D eigenvalue weighted by atomic mass is 10.2. The van der Waals surface area contributed by atoms with Crippen LogP contribution in [0.5, 0.6) is 0 Å². The summed E-state index contributed by atoms with van der Waals surface area (Å²) in [5.74, 6) is 0.918. The van der Waals surface area contributed by atoms with E-state index < -0.39 is 0 Å². The second-order valence-electron chi connectivity index (χ2n) is 2.88.